The Morgan fingerprint density at radius 3 is 3.00 bits per heavy atom. The van der Waals surface area contributed by atoms with Gasteiger partial charge in [0.25, 0.3) is 0 Å². The molecule has 1 aromatic heterocycles. The topological polar surface area (TPSA) is 59.0 Å². The Kier molecular flexibility index (Phi) is 5.56. The van der Waals surface area contributed by atoms with Crippen molar-refractivity contribution in [3.63, 3.8) is 0 Å². The van der Waals surface area contributed by atoms with Gasteiger partial charge in [0.05, 0.1) is 6.33 Å². The fourth-order valence-electron chi connectivity index (χ4n) is 1.51. The van der Waals surface area contributed by atoms with Gasteiger partial charge < -0.3 is 15.2 Å². The highest BCUT2D eigenvalue weighted by molar-refractivity contribution is 5.76. The Morgan fingerprint density at radius 2 is 2.38 bits per heavy atom. The summed E-state index contributed by atoms with van der Waals surface area (Å²) in [6, 6.07) is 0.234. The molecule has 0 saturated carbocycles. The minimum absolute atomic E-state index is 0.0913. The van der Waals surface area contributed by atoms with Crippen LogP contribution >= 0.6 is 0 Å². The Labute approximate surface area is 96.3 Å². The van der Waals surface area contributed by atoms with Crippen molar-refractivity contribution in [1.82, 2.24) is 20.2 Å². The summed E-state index contributed by atoms with van der Waals surface area (Å²) in [5.41, 5.74) is 0. The zero-order valence-electron chi connectivity index (χ0n) is 9.94. The summed E-state index contributed by atoms with van der Waals surface area (Å²) in [5, 5.41) is 6.09. The fraction of sp³-hybridized carbons (Fsp3) is 0.636. The molecule has 0 spiro atoms. The zero-order chi connectivity index (χ0) is 11.8. The predicted molar refractivity (Wildman–Crippen MR) is 63.0 cm³/mol. The number of carbonyl (C=O) groups excluding carboxylic acids is 1. The summed E-state index contributed by atoms with van der Waals surface area (Å²) in [4.78, 5) is 15.4. The van der Waals surface area contributed by atoms with E-state index in [9.17, 15) is 4.79 Å². The number of hydrogen-bond donors (Lipinski definition) is 2. The summed E-state index contributed by atoms with van der Waals surface area (Å²) in [6.45, 7) is 6.35. The van der Waals surface area contributed by atoms with E-state index in [-0.39, 0.29) is 11.9 Å². The molecule has 1 rings (SSSR count). The number of imidazole rings is 1. The van der Waals surface area contributed by atoms with Crippen LogP contribution in [0.5, 0.6) is 0 Å². The second kappa shape index (κ2) is 7.00. The second-order valence-electron chi connectivity index (χ2n) is 3.81. The monoisotopic (exact) mass is 224 g/mol. The molecule has 0 aliphatic rings. The number of rotatable bonds is 7. The molecule has 0 aliphatic carbocycles. The average molecular weight is 224 g/mol. The van der Waals surface area contributed by atoms with E-state index in [1.54, 1.807) is 12.5 Å². The van der Waals surface area contributed by atoms with Crippen molar-refractivity contribution in [3.8, 4) is 0 Å². The van der Waals surface area contributed by atoms with E-state index in [0.717, 1.165) is 13.1 Å². The first-order valence-corrected chi connectivity index (χ1v) is 5.68. The number of nitrogens with zero attached hydrogens (tertiary/aromatic N) is 2. The molecule has 2 N–H and O–H groups in total. The lowest BCUT2D eigenvalue weighted by atomic mass is 10.2. The third-order valence-corrected chi connectivity index (χ3v) is 2.30. The molecule has 1 unspecified atom stereocenters. The molecular weight excluding hydrogens is 204 g/mol. The van der Waals surface area contributed by atoms with Gasteiger partial charge in [-0.2, -0.15) is 0 Å². The van der Waals surface area contributed by atoms with E-state index >= 15 is 0 Å². The Bertz CT molecular complexity index is 297. The SMILES string of the molecule is CCNC(C)CC(=O)NCCn1ccnc1. The first kappa shape index (κ1) is 12.7. The van der Waals surface area contributed by atoms with Crippen molar-refractivity contribution in [2.75, 3.05) is 13.1 Å². The molecule has 16 heavy (non-hydrogen) atoms. The van der Waals surface area contributed by atoms with Crippen LogP contribution in [0.1, 0.15) is 20.3 Å². The van der Waals surface area contributed by atoms with Crippen LogP contribution in [0.3, 0.4) is 0 Å². The van der Waals surface area contributed by atoms with E-state index in [4.69, 9.17) is 0 Å². The summed E-state index contributed by atoms with van der Waals surface area (Å²) in [6.07, 6.45) is 5.88. The number of amides is 1. The fourth-order valence-corrected chi connectivity index (χ4v) is 1.51. The molecule has 1 amide bonds. The molecule has 0 bridgehead atoms. The van der Waals surface area contributed by atoms with Crippen molar-refractivity contribution in [2.24, 2.45) is 0 Å². The molecule has 0 radical (unpaired) electrons. The molecule has 1 heterocycles. The van der Waals surface area contributed by atoms with Crippen LogP contribution in [-0.4, -0.2) is 34.6 Å². The lowest BCUT2D eigenvalue weighted by Gasteiger charge is -2.12. The molecule has 5 heteroatoms. The van der Waals surface area contributed by atoms with Gasteiger partial charge in [-0.1, -0.05) is 6.92 Å². The van der Waals surface area contributed by atoms with Crippen molar-refractivity contribution >= 4 is 5.91 Å². The number of nitrogens with one attached hydrogen (secondary N) is 2. The lowest BCUT2D eigenvalue weighted by molar-refractivity contribution is -0.121. The van der Waals surface area contributed by atoms with Gasteiger partial charge in [-0.15, -0.1) is 0 Å². The van der Waals surface area contributed by atoms with Crippen molar-refractivity contribution in [1.29, 1.82) is 0 Å². The maximum absolute atomic E-state index is 11.5. The molecule has 1 aromatic rings. The van der Waals surface area contributed by atoms with E-state index in [2.05, 4.69) is 15.6 Å². The van der Waals surface area contributed by atoms with Gasteiger partial charge in [-0.25, -0.2) is 4.98 Å². The van der Waals surface area contributed by atoms with Crippen LogP contribution in [0, 0.1) is 0 Å². The van der Waals surface area contributed by atoms with Gasteiger partial charge in [-0.05, 0) is 13.5 Å². The highest BCUT2D eigenvalue weighted by atomic mass is 16.1. The van der Waals surface area contributed by atoms with E-state index in [1.807, 2.05) is 24.6 Å². The Hall–Kier alpha value is -1.36. The maximum Gasteiger partial charge on any atom is 0.221 e. The summed E-state index contributed by atoms with van der Waals surface area (Å²) in [7, 11) is 0. The van der Waals surface area contributed by atoms with E-state index in [1.165, 1.54) is 0 Å². The lowest BCUT2D eigenvalue weighted by Crippen LogP contribution is -2.34. The summed E-state index contributed by atoms with van der Waals surface area (Å²) in [5.74, 6) is 0.0913. The van der Waals surface area contributed by atoms with Crippen LogP contribution in [0.4, 0.5) is 0 Å². The first-order valence-electron chi connectivity index (χ1n) is 5.68. The molecular formula is C11H20N4O. The van der Waals surface area contributed by atoms with Gasteiger partial charge in [0.1, 0.15) is 0 Å². The van der Waals surface area contributed by atoms with Crippen LogP contribution in [0.15, 0.2) is 18.7 Å². The van der Waals surface area contributed by atoms with Crippen molar-refractivity contribution in [2.45, 2.75) is 32.9 Å². The number of carbonyl (C=O) groups is 1. The molecule has 90 valence electrons. The van der Waals surface area contributed by atoms with Gasteiger partial charge in [0, 0.05) is 37.9 Å². The predicted octanol–water partition coefficient (Wildman–Crippen LogP) is 0.387. The van der Waals surface area contributed by atoms with Crippen molar-refractivity contribution < 1.29 is 4.79 Å². The maximum atomic E-state index is 11.5. The van der Waals surface area contributed by atoms with Crippen LogP contribution in [0.25, 0.3) is 0 Å². The van der Waals surface area contributed by atoms with E-state index < -0.39 is 0 Å². The standard InChI is InChI=1S/C11H20N4O/c1-3-13-10(2)8-11(16)14-5-7-15-6-4-12-9-15/h4,6,9-10,13H,3,5,7-8H2,1-2H3,(H,14,16). The third kappa shape index (κ3) is 4.93. The smallest absolute Gasteiger partial charge is 0.221 e. The summed E-state index contributed by atoms with van der Waals surface area (Å²) < 4.78 is 1.94. The Balaban J connectivity index is 2.10. The van der Waals surface area contributed by atoms with Gasteiger partial charge in [0.15, 0.2) is 0 Å². The molecule has 0 aliphatic heterocycles. The van der Waals surface area contributed by atoms with Crippen LogP contribution in [0.2, 0.25) is 0 Å². The number of hydrogen-bond acceptors (Lipinski definition) is 3. The molecule has 0 saturated heterocycles. The normalized spacial score (nSPS) is 12.4. The number of aromatic nitrogens is 2. The van der Waals surface area contributed by atoms with Gasteiger partial charge in [-0.3, -0.25) is 4.79 Å². The van der Waals surface area contributed by atoms with Crippen molar-refractivity contribution in [3.05, 3.63) is 18.7 Å². The molecule has 5 nitrogen and oxygen atoms in total. The molecule has 1 atom stereocenters. The molecule has 0 fully saturated rings. The summed E-state index contributed by atoms with van der Waals surface area (Å²) >= 11 is 0. The quantitative estimate of drug-likeness (QED) is 0.704. The third-order valence-electron chi connectivity index (χ3n) is 2.30. The Morgan fingerprint density at radius 1 is 1.56 bits per heavy atom. The largest absolute Gasteiger partial charge is 0.354 e. The van der Waals surface area contributed by atoms with Crippen LogP contribution < -0.4 is 10.6 Å². The second-order valence-corrected chi connectivity index (χ2v) is 3.81. The average Bonchev–Trinajstić information content (AvgIpc) is 2.70. The highest BCUT2D eigenvalue weighted by Crippen LogP contribution is 1.90. The zero-order valence-corrected chi connectivity index (χ0v) is 9.94. The molecule has 0 aromatic carbocycles. The van der Waals surface area contributed by atoms with Gasteiger partial charge in [0.2, 0.25) is 5.91 Å². The van der Waals surface area contributed by atoms with Gasteiger partial charge >= 0.3 is 0 Å². The first-order chi connectivity index (χ1) is 7.72. The highest BCUT2D eigenvalue weighted by Gasteiger charge is 2.06. The van der Waals surface area contributed by atoms with Crippen LogP contribution in [-0.2, 0) is 11.3 Å². The van der Waals surface area contributed by atoms with E-state index in [0.29, 0.717) is 13.0 Å². The minimum Gasteiger partial charge on any atom is -0.354 e. The minimum atomic E-state index is 0.0913.